The molecule has 1 N–H and O–H groups in total. The first-order valence-electron chi connectivity index (χ1n) is 8.89. The summed E-state index contributed by atoms with van der Waals surface area (Å²) in [4.78, 5) is 26.8. The third kappa shape index (κ3) is 3.57. The predicted molar refractivity (Wildman–Crippen MR) is 91.3 cm³/mol. The Morgan fingerprint density at radius 2 is 1.83 bits per heavy atom. The van der Waals surface area contributed by atoms with Crippen LogP contribution in [-0.4, -0.2) is 24.4 Å². The number of nitrogens with one attached hydrogen (secondary N) is 1. The Labute approximate surface area is 138 Å². The maximum Gasteiger partial charge on any atom is 0.239 e. The van der Waals surface area contributed by atoms with Crippen LogP contribution in [0.25, 0.3) is 0 Å². The number of rotatable bonds is 4. The molecule has 0 unspecified atom stereocenters. The number of hydrogen-bond acceptors (Lipinski definition) is 2. The predicted octanol–water partition coefficient (Wildman–Crippen LogP) is 3.05. The highest BCUT2D eigenvalue weighted by Crippen LogP contribution is 2.26. The molecule has 0 radical (unpaired) electrons. The van der Waals surface area contributed by atoms with Crippen LogP contribution in [0.2, 0.25) is 0 Å². The minimum Gasteiger partial charge on any atom is -0.353 e. The zero-order valence-electron chi connectivity index (χ0n) is 13.9. The molecule has 23 heavy (non-hydrogen) atoms. The second-order valence-corrected chi connectivity index (χ2v) is 6.69. The van der Waals surface area contributed by atoms with E-state index in [2.05, 4.69) is 24.4 Å². The first-order valence-corrected chi connectivity index (χ1v) is 8.89. The van der Waals surface area contributed by atoms with Crippen molar-refractivity contribution in [2.75, 3.05) is 11.4 Å². The van der Waals surface area contributed by atoms with Crippen molar-refractivity contribution in [3.05, 3.63) is 29.8 Å². The first-order chi connectivity index (χ1) is 11.2. The van der Waals surface area contributed by atoms with E-state index in [1.165, 1.54) is 24.8 Å². The molecule has 124 valence electrons. The third-order valence-corrected chi connectivity index (χ3v) is 5.13. The lowest BCUT2D eigenvalue weighted by molar-refractivity contribution is -0.132. The molecule has 3 rings (SSSR count). The van der Waals surface area contributed by atoms with Crippen LogP contribution in [0.15, 0.2) is 24.3 Å². The molecule has 1 aliphatic heterocycles. The SMILES string of the molecule is CCc1ccc(N2CC[C@@H](C(=O)NC3CCCCC3)C2=O)cc1. The Balaban J connectivity index is 1.62. The number of carbonyl (C=O) groups excluding carboxylic acids is 2. The molecule has 0 bridgehead atoms. The van der Waals surface area contributed by atoms with Crippen LogP contribution in [-0.2, 0) is 16.0 Å². The van der Waals surface area contributed by atoms with Crippen LogP contribution in [0.5, 0.6) is 0 Å². The number of benzene rings is 1. The number of anilines is 1. The molecule has 2 fully saturated rings. The number of carbonyl (C=O) groups is 2. The van der Waals surface area contributed by atoms with Crippen molar-refractivity contribution in [3.63, 3.8) is 0 Å². The molecule has 1 aliphatic carbocycles. The van der Waals surface area contributed by atoms with E-state index in [4.69, 9.17) is 0 Å². The van der Waals surface area contributed by atoms with Gasteiger partial charge in [-0.3, -0.25) is 9.59 Å². The molecule has 1 heterocycles. The standard InChI is InChI=1S/C19H26N2O2/c1-2-14-8-10-16(11-9-14)21-13-12-17(19(21)23)18(22)20-15-6-4-3-5-7-15/h8-11,15,17H,2-7,12-13H2,1H3,(H,20,22)/t17-/m0/s1. The largest absolute Gasteiger partial charge is 0.353 e. The first kappa shape index (κ1) is 16.0. The van der Waals surface area contributed by atoms with Crippen molar-refractivity contribution < 1.29 is 9.59 Å². The van der Waals surface area contributed by atoms with Crippen molar-refractivity contribution in [2.24, 2.45) is 5.92 Å². The maximum atomic E-state index is 12.6. The van der Waals surface area contributed by atoms with Gasteiger partial charge in [-0.1, -0.05) is 38.3 Å². The Hall–Kier alpha value is -1.84. The average molecular weight is 314 g/mol. The molecule has 1 aromatic rings. The van der Waals surface area contributed by atoms with Gasteiger partial charge in [-0.25, -0.2) is 0 Å². The molecule has 2 aliphatic rings. The maximum absolute atomic E-state index is 12.6. The molecule has 0 aromatic heterocycles. The normalized spacial score (nSPS) is 22.4. The van der Waals surface area contributed by atoms with Crippen LogP contribution in [0, 0.1) is 5.92 Å². The fourth-order valence-corrected chi connectivity index (χ4v) is 3.64. The van der Waals surface area contributed by atoms with Crippen molar-refractivity contribution in [1.82, 2.24) is 5.32 Å². The van der Waals surface area contributed by atoms with Gasteiger partial charge in [0.1, 0.15) is 5.92 Å². The lowest BCUT2D eigenvalue weighted by atomic mass is 9.94. The highest BCUT2D eigenvalue weighted by Gasteiger charge is 2.38. The fraction of sp³-hybridized carbons (Fsp3) is 0.579. The number of aryl methyl sites for hydroxylation is 1. The summed E-state index contributed by atoms with van der Waals surface area (Å²) in [5.74, 6) is -0.639. The third-order valence-electron chi connectivity index (χ3n) is 5.13. The van der Waals surface area contributed by atoms with E-state index in [1.807, 2.05) is 12.1 Å². The second-order valence-electron chi connectivity index (χ2n) is 6.69. The summed E-state index contributed by atoms with van der Waals surface area (Å²) in [6.07, 6.45) is 7.33. The molecule has 0 spiro atoms. The zero-order valence-corrected chi connectivity index (χ0v) is 13.9. The summed E-state index contributed by atoms with van der Waals surface area (Å²) >= 11 is 0. The van der Waals surface area contributed by atoms with Gasteiger partial charge in [0, 0.05) is 18.3 Å². The van der Waals surface area contributed by atoms with E-state index >= 15 is 0 Å². The van der Waals surface area contributed by atoms with E-state index in [9.17, 15) is 9.59 Å². The van der Waals surface area contributed by atoms with Crippen molar-refractivity contribution in [2.45, 2.75) is 57.9 Å². The summed E-state index contributed by atoms with van der Waals surface area (Å²) in [7, 11) is 0. The number of amides is 2. The van der Waals surface area contributed by atoms with E-state index in [1.54, 1.807) is 4.90 Å². The topological polar surface area (TPSA) is 49.4 Å². The molecular weight excluding hydrogens is 288 g/mol. The van der Waals surface area contributed by atoms with Crippen LogP contribution in [0.4, 0.5) is 5.69 Å². The van der Waals surface area contributed by atoms with Gasteiger partial charge in [-0.15, -0.1) is 0 Å². The van der Waals surface area contributed by atoms with Gasteiger partial charge in [-0.2, -0.15) is 0 Å². The van der Waals surface area contributed by atoms with Gasteiger partial charge in [0.05, 0.1) is 0 Å². The molecule has 1 atom stereocenters. The Morgan fingerprint density at radius 1 is 1.13 bits per heavy atom. The van der Waals surface area contributed by atoms with Gasteiger partial charge < -0.3 is 10.2 Å². The molecular formula is C19H26N2O2. The lowest BCUT2D eigenvalue weighted by Crippen LogP contribution is -2.42. The highest BCUT2D eigenvalue weighted by atomic mass is 16.2. The molecule has 4 heteroatoms. The van der Waals surface area contributed by atoms with Crippen LogP contribution >= 0.6 is 0 Å². The Morgan fingerprint density at radius 3 is 2.48 bits per heavy atom. The summed E-state index contributed by atoms with van der Waals surface area (Å²) < 4.78 is 0. The van der Waals surface area contributed by atoms with Gasteiger partial charge in [-0.05, 0) is 43.4 Å². The van der Waals surface area contributed by atoms with Crippen LogP contribution < -0.4 is 10.2 Å². The molecule has 1 saturated heterocycles. The average Bonchev–Trinajstić information content (AvgIpc) is 2.97. The van der Waals surface area contributed by atoms with Gasteiger partial charge in [0.25, 0.3) is 0 Å². The Kier molecular flexibility index (Phi) is 4.99. The molecule has 4 nitrogen and oxygen atoms in total. The van der Waals surface area contributed by atoms with Crippen molar-refractivity contribution in [3.8, 4) is 0 Å². The van der Waals surface area contributed by atoms with E-state index < -0.39 is 5.92 Å². The lowest BCUT2D eigenvalue weighted by Gasteiger charge is -2.24. The van der Waals surface area contributed by atoms with Crippen molar-refractivity contribution >= 4 is 17.5 Å². The summed E-state index contributed by atoms with van der Waals surface area (Å²) in [6, 6.07) is 8.34. The van der Waals surface area contributed by atoms with Crippen LogP contribution in [0.1, 0.15) is 51.0 Å². The number of nitrogens with zero attached hydrogens (tertiary/aromatic N) is 1. The van der Waals surface area contributed by atoms with E-state index in [0.717, 1.165) is 24.9 Å². The van der Waals surface area contributed by atoms with E-state index in [-0.39, 0.29) is 17.9 Å². The van der Waals surface area contributed by atoms with E-state index in [0.29, 0.717) is 13.0 Å². The molecule has 1 saturated carbocycles. The molecule has 2 amide bonds. The summed E-state index contributed by atoms with van der Waals surface area (Å²) in [5.41, 5.74) is 2.16. The minimum atomic E-state index is -0.511. The summed E-state index contributed by atoms with van der Waals surface area (Å²) in [6.45, 7) is 2.74. The molecule has 1 aromatic carbocycles. The van der Waals surface area contributed by atoms with Gasteiger partial charge in [0.2, 0.25) is 11.8 Å². The Bertz CT molecular complexity index is 561. The van der Waals surface area contributed by atoms with Gasteiger partial charge >= 0.3 is 0 Å². The minimum absolute atomic E-state index is 0.0532. The second kappa shape index (κ2) is 7.16. The number of hydrogen-bond donors (Lipinski definition) is 1. The fourth-order valence-electron chi connectivity index (χ4n) is 3.64. The highest BCUT2D eigenvalue weighted by molar-refractivity contribution is 6.09. The van der Waals surface area contributed by atoms with Crippen molar-refractivity contribution in [1.29, 1.82) is 0 Å². The van der Waals surface area contributed by atoms with Gasteiger partial charge in [0.15, 0.2) is 0 Å². The van der Waals surface area contributed by atoms with Crippen LogP contribution in [0.3, 0.4) is 0 Å². The monoisotopic (exact) mass is 314 g/mol. The summed E-state index contributed by atoms with van der Waals surface area (Å²) in [5, 5.41) is 3.10. The smallest absolute Gasteiger partial charge is 0.239 e. The zero-order chi connectivity index (χ0) is 16.2. The quantitative estimate of drug-likeness (QED) is 0.868.